The van der Waals surface area contributed by atoms with Crippen LogP contribution in [0, 0.1) is 5.92 Å². The summed E-state index contributed by atoms with van der Waals surface area (Å²) in [5.74, 6) is 2.01. The standard InChI is InChI=1S/C15H24N2O/c1-17(11-14-6-4-8-18-14)10-13-9-12-5-2-3-7-15(12)16-13/h4,6,8,12-13,15-16H,2-3,5,7,9-11H2,1H3. The fourth-order valence-electron chi connectivity index (χ4n) is 3.68. The van der Waals surface area contributed by atoms with Gasteiger partial charge in [-0.1, -0.05) is 12.8 Å². The highest BCUT2D eigenvalue weighted by Crippen LogP contribution is 2.33. The zero-order chi connectivity index (χ0) is 12.4. The van der Waals surface area contributed by atoms with E-state index in [4.69, 9.17) is 4.42 Å². The predicted molar refractivity (Wildman–Crippen MR) is 72.3 cm³/mol. The van der Waals surface area contributed by atoms with E-state index in [0.29, 0.717) is 6.04 Å². The lowest BCUT2D eigenvalue weighted by Gasteiger charge is -2.24. The van der Waals surface area contributed by atoms with Gasteiger partial charge in [-0.15, -0.1) is 0 Å². The van der Waals surface area contributed by atoms with Crippen LogP contribution in [0.5, 0.6) is 0 Å². The molecule has 3 rings (SSSR count). The molecular weight excluding hydrogens is 224 g/mol. The zero-order valence-electron chi connectivity index (χ0n) is 11.3. The summed E-state index contributed by atoms with van der Waals surface area (Å²) >= 11 is 0. The third-order valence-corrected chi connectivity index (χ3v) is 4.48. The van der Waals surface area contributed by atoms with Crippen molar-refractivity contribution in [3.63, 3.8) is 0 Å². The minimum Gasteiger partial charge on any atom is -0.468 e. The van der Waals surface area contributed by atoms with E-state index in [-0.39, 0.29) is 0 Å². The molecule has 3 unspecified atom stereocenters. The molecule has 1 aromatic rings. The summed E-state index contributed by atoms with van der Waals surface area (Å²) in [5.41, 5.74) is 0. The number of hydrogen-bond donors (Lipinski definition) is 1. The molecule has 18 heavy (non-hydrogen) atoms. The van der Waals surface area contributed by atoms with E-state index in [9.17, 15) is 0 Å². The van der Waals surface area contributed by atoms with E-state index in [2.05, 4.69) is 23.3 Å². The Hall–Kier alpha value is -0.800. The molecule has 3 atom stereocenters. The van der Waals surface area contributed by atoms with Crippen molar-refractivity contribution in [3.8, 4) is 0 Å². The van der Waals surface area contributed by atoms with Crippen LogP contribution in [-0.4, -0.2) is 30.6 Å². The molecule has 1 saturated heterocycles. The van der Waals surface area contributed by atoms with Crippen LogP contribution < -0.4 is 5.32 Å². The van der Waals surface area contributed by atoms with Gasteiger partial charge in [-0.3, -0.25) is 4.90 Å². The quantitative estimate of drug-likeness (QED) is 0.888. The number of fused-ring (bicyclic) bond motifs is 1. The molecule has 0 radical (unpaired) electrons. The SMILES string of the molecule is CN(Cc1ccco1)CC1CC2CCCCC2N1. The number of furan rings is 1. The van der Waals surface area contributed by atoms with Gasteiger partial charge in [0, 0.05) is 18.6 Å². The van der Waals surface area contributed by atoms with E-state index in [1.54, 1.807) is 6.26 Å². The molecule has 3 nitrogen and oxygen atoms in total. The molecule has 100 valence electrons. The van der Waals surface area contributed by atoms with Crippen molar-refractivity contribution in [1.82, 2.24) is 10.2 Å². The predicted octanol–water partition coefficient (Wildman–Crippen LogP) is 2.63. The van der Waals surface area contributed by atoms with Crippen LogP contribution in [0.4, 0.5) is 0 Å². The van der Waals surface area contributed by atoms with Gasteiger partial charge in [0.1, 0.15) is 5.76 Å². The summed E-state index contributed by atoms with van der Waals surface area (Å²) < 4.78 is 5.40. The molecule has 2 heterocycles. The molecule has 0 amide bonds. The molecule has 2 aliphatic rings. The average molecular weight is 248 g/mol. The number of rotatable bonds is 4. The first kappa shape index (κ1) is 12.2. The maximum absolute atomic E-state index is 5.40. The van der Waals surface area contributed by atoms with Crippen molar-refractivity contribution in [2.75, 3.05) is 13.6 Å². The van der Waals surface area contributed by atoms with Crippen LogP contribution in [0.2, 0.25) is 0 Å². The van der Waals surface area contributed by atoms with Gasteiger partial charge in [-0.2, -0.15) is 0 Å². The first-order chi connectivity index (χ1) is 8.81. The maximum atomic E-state index is 5.40. The summed E-state index contributed by atoms with van der Waals surface area (Å²) in [4.78, 5) is 2.37. The molecule has 2 fully saturated rings. The summed E-state index contributed by atoms with van der Waals surface area (Å²) in [6.45, 7) is 2.05. The van der Waals surface area contributed by atoms with Gasteiger partial charge < -0.3 is 9.73 Å². The van der Waals surface area contributed by atoms with Crippen LogP contribution in [0.3, 0.4) is 0 Å². The van der Waals surface area contributed by atoms with Crippen LogP contribution >= 0.6 is 0 Å². The monoisotopic (exact) mass is 248 g/mol. The second-order valence-corrected chi connectivity index (χ2v) is 6.03. The Labute approximate surface area is 110 Å². The number of nitrogens with one attached hydrogen (secondary N) is 1. The largest absolute Gasteiger partial charge is 0.468 e. The topological polar surface area (TPSA) is 28.4 Å². The van der Waals surface area contributed by atoms with E-state index in [0.717, 1.165) is 30.8 Å². The zero-order valence-corrected chi connectivity index (χ0v) is 11.3. The lowest BCUT2D eigenvalue weighted by molar-refractivity contribution is 0.266. The second kappa shape index (κ2) is 5.45. The van der Waals surface area contributed by atoms with Crippen LogP contribution in [-0.2, 0) is 6.54 Å². The number of hydrogen-bond acceptors (Lipinski definition) is 3. The van der Waals surface area contributed by atoms with Gasteiger partial charge in [0.25, 0.3) is 0 Å². The van der Waals surface area contributed by atoms with Crippen molar-refractivity contribution in [1.29, 1.82) is 0 Å². The molecule has 1 aromatic heterocycles. The average Bonchev–Trinajstić information content (AvgIpc) is 2.96. The molecule has 0 aromatic carbocycles. The summed E-state index contributed by atoms with van der Waals surface area (Å²) in [7, 11) is 2.19. The Morgan fingerprint density at radius 3 is 3.06 bits per heavy atom. The minimum atomic E-state index is 0.679. The fraction of sp³-hybridized carbons (Fsp3) is 0.733. The van der Waals surface area contributed by atoms with E-state index >= 15 is 0 Å². The Balaban J connectivity index is 1.48. The normalized spacial score (nSPS) is 31.8. The van der Waals surface area contributed by atoms with E-state index in [1.165, 1.54) is 32.1 Å². The Kier molecular flexibility index (Phi) is 3.71. The fourth-order valence-corrected chi connectivity index (χ4v) is 3.68. The first-order valence-corrected chi connectivity index (χ1v) is 7.28. The molecule has 1 saturated carbocycles. The number of nitrogens with zero attached hydrogens (tertiary/aromatic N) is 1. The van der Waals surface area contributed by atoms with Crippen molar-refractivity contribution in [2.24, 2.45) is 5.92 Å². The third kappa shape index (κ3) is 2.78. The minimum absolute atomic E-state index is 0.679. The summed E-state index contributed by atoms with van der Waals surface area (Å²) in [6.07, 6.45) is 8.82. The smallest absolute Gasteiger partial charge is 0.117 e. The highest BCUT2D eigenvalue weighted by Gasteiger charge is 2.35. The van der Waals surface area contributed by atoms with Gasteiger partial charge in [0.2, 0.25) is 0 Å². The van der Waals surface area contributed by atoms with Gasteiger partial charge in [-0.25, -0.2) is 0 Å². The van der Waals surface area contributed by atoms with Gasteiger partial charge in [-0.05, 0) is 44.4 Å². The molecule has 1 N–H and O–H groups in total. The highest BCUT2D eigenvalue weighted by molar-refractivity contribution is 4.98. The molecular formula is C15H24N2O. The van der Waals surface area contributed by atoms with Crippen LogP contribution in [0.1, 0.15) is 37.9 Å². The highest BCUT2D eigenvalue weighted by atomic mass is 16.3. The molecule has 3 heteroatoms. The van der Waals surface area contributed by atoms with E-state index in [1.807, 2.05) is 6.07 Å². The summed E-state index contributed by atoms with van der Waals surface area (Å²) in [5, 5.41) is 3.83. The van der Waals surface area contributed by atoms with E-state index < -0.39 is 0 Å². The molecule has 0 spiro atoms. The van der Waals surface area contributed by atoms with Crippen molar-refractivity contribution in [2.45, 2.75) is 50.7 Å². The molecule has 1 aliphatic heterocycles. The van der Waals surface area contributed by atoms with Gasteiger partial charge in [0.05, 0.1) is 12.8 Å². The lowest BCUT2D eigenvalue weighted by atomic mass is 9.85. The summed E-state index contributed by atoms with van der Waals surface area (Å²) in [6, 6.07) is 5.50. The Morgan fingerprint density at radius 1 is 1.39 bits per heavy atom. The number of likely N-dealkylation sites (N-methyl/N-ethyl adjacent to an activating group) is 1. The third-order valence-electron chi connectivity index (χ3n) is 4.48. The maximum Gasteiger partial charge on any atom is 0.117 e. The Bertz CT molecular complexity index is 349. The van der Waals surface area contributed by atoms with Crippen molar-refractivity contribution in [3.05, 3.63) is 24.2 Å². The van der Waals surface area contributed by atoms with Gasteiger partial charge in [0.15, 0.2) is 0 Å². The van der Waals surface area contributed by atoms with Crippen LogP contribution in [0.25, 0.3) is 0 Å². The molecule has 1 aliphatic carbocycles. The molecule has 0 bridgehead atoms. The second-order valence-electron chi connectivity index (χ2n) is 6.03. The van der Waals surface area contributed by atoms with Gasteiger partial charge >= 0.3 is 0 Å². The first-order valence-electron chi connectivity index (χ1n) is 7.28. The van der Waals surface area contributed by atoms with Crippen LogP contribution in [0.15, 0.2) is 22.8 Å². The Morgan fingerprint density at radius 2 is 2.28 bits per heavy atom. The van der Waals surface area contributed by atoms with Crippen molar-refractivity contribution < 1.29 is 4.42 Å². The van der Waals surface area contributed by atoms with Crippen molar-refractivity contribution >= 4 is 0 Å². The lowest BCUT2D eigenvalue weighted by Crippen LogP contribution is -2.39.